The van der Waals surface area contributed by atoms with Gasteiger partial charge in [0, 0.05) is 44.1 Å². The number of aromatic carboxylic acids is 1. The van der Waals surface area contributed by atoms with Gasteiger partial charge in [0.25, 0.3) is 0 Å². The molecule has 0 spiro atoms. The van der Waals surface area contributed by atoms with Gasteiger partial charge < -0.3 is 52.8 Å². The number of amides is 2. The first-order valence-corrected chi connectivity index (χ1v) is 21.9. The molecular formula is C44H74N6O10. The van der Waals surface area contributed by atoms with Crippen molar-refractivity contribution < 1.29 is 48.8 Å². The Bertz CT molecular complexity index is 1430. The summed E-state index contributed by atoms with van der Waals surface area (Å²) < 4.78 is 5.65. The number of unbranched alkanes of at least 4 members (excludes halogenated alkanes) is 11. The average molecular weight is 847 g/mol. The normalized spacial score (nSPS) is 13.1. The number of hydrogen-bond acceptors (Lipinski definition) is 11. The molecule has 1 aromatic carbocycles. The minimum Gasteiger partial charge on any atom is -0.494 e. The van der Waals surface area contributed by atoms with Gasteiger partial charge in [-0.15, -0.1) is 0 Å². The molecule has 60 heavy (non-hydrogen) atoms. The third kappa shape index (κ3) is 26.5. The van der Waals surface area contributed by atoms with Gasteiger partial charge >= 0.3 is 17.9 Å². The lowest BCUT2D eigenvalue weighted by Gasteiger charge is -2.17. The number of rotatable bonds is 39. The summed E-state index contributed by atoms with van der Waals surface area (Å²) in [5, 5.41) is 39.0. The molecule has 16 nitrogen and oxygen atoms in total. The molecule has 0 aliphatic rings. The lowest BCUT2D eigenvalue weighted by molar-refractivity contribution is -0.142. The quantitative estimate of drug-likeness (QED) is 0.0394. The Kier molecular flexibility index (Phi) is 29.6. The number of ketones is 1. The van der Waals surface area contributed by atoms with Gasteiger partial charge in [0.1, 0.15) is 23.6 Å². The Hall–Kier alpha value is -4.54. The van der Waals surface area contributed by atoms with Crippen molar-refractivity contribution in [3.63, 3.8) is 0 Å². The van der Waals surface area contributed by atoms with Crippen molar-refractivity contribution in [2.75, 3.05) is 26.7 Å². The molecule has 0 radical (unpaired) electrons. The van der Waals surface area contributed by atoms with Crippen LogP contribution in [0.2, 0.25) is 0 Å². The van der Waals surface area contributed by atoms with Crippen LogP contribution < -0.4 is 37.5 Å². The molecule has 0 aromatic heterocycles. The van der Waals surface area contributed by atoms with E-state index >= 15 is 0 Å². The van der Waals surface area contributed by atoms with Gasteiger partial charge in [0.2, 0.25) is 11.8 Å². The number of carboxylic acid groups (broad SMARTS) is 3. The molecule has 2 amide bonds. The highest BCUT2D eigenvalue weighted by atomic mass is 16.5. The molecule has 16 heteroatoms. The van der Waals surface area contributed by atoms with Crippen LogP contribution in [0.25, 0.3) is 0 Å². The number of ether oxygens (including phenoxy) is 1. The fraction of sp³-hybridized carbons (Fsp3) is 0.682. The maximum absolute atomic E-state index is 12.4. The third-order valence-corrected chi connectivity index (χ3v) is 10.4. The Balaban J connectivity index is 2.05. The predicted molar refractivity (Wildman–Crippen MR) is 232 cm³/mol. The molecule has 0 aliphatic heterocycles. The molecule has 340 valence electrons. The number of carboxylic acids is 3. The number of aliphatic carboxylic acids is 2. The standard InChI is InChI=1S/C44H74N6O10/c1-32(48-29-16-14-21-38(47-2)43(56)57)36(45)19-13-15-30-49-41(53)37(46)20-11-9-10-18-34(51)25-28-39(44(58)59)50-40(52)22-12-7-5-3-4-6-8-17-31-60-35-26-23-33(24-27-35)42(54)55/h23-24,26-27,36-39,47-48H,1,3-22,25,28-31,45-46H2,2H3,(H,49,53)(H,50,52)(H,54,55)(H,56,57)(H,58,59)/t36-,37-,38-,39-/m0/s1. The van der Waals surface area contributed by atoms with Crippen molar-refractivity contribution in [2.24, 2.45) is 11.5 Å². The van der Waals surface area contributed by atoms with E-state index in [9.17, 15) is 33.9 Å². The van der Waals surface area contributed by atoms with E-state index < -0.39 is 36.0 Å². The number of nitrogens with two attached hydrogens (primary N) is 2. The van der Waals surface area contributed by atoms with Crippen molar-refractivity contribution >= 4 is 35.5 Å². The topological polar surface area (TPSA) is 272 Å². The van der Waals surface area contributed by atoms with Gasteiger partial charge in [-0.25, -0.2) is 9.59 Å². The monoisotopic (exact) mass is 847 g/mol. The Labute approximate surface area is 356 Å². The molecular weight excluding hydrogens is 773 g/mol. The van der Waals surface area contributed by atoms with Gasteiger partial charge in [-0.05, 0) is 102 Å². The minimum absolute atomic E-state index is 0.0416. The highest BCUT2D eigenvalue weighted by Gasteiger charge is 2.21. The smallest absolute Gasteiger partial charge is 0.335 e. The maximum atomic E-state index is 12.4. The lowest BCUT2D eigenvalue weighted by atomic mass is 10.0. The van der Waals surface area contributed by atoms with Gasteiger partial charge in [0.05, 0.1) is 18.2 Å². The van der Waals surface area contributed by atoms with Gasteiger partial charge in [-0.2, -0.15) is 0 Å². The Morgan fingerprint density at radius 2 is 1.15 bits per heavy atom. The van der Waals surface area contributed by atoms with E-state index in [1.165, 1.54) is 12.1 Å². The molecule has 4 atom stereocenters. The molecule has 0 saturated heterocycles. The maximum Gasteiger partial charge on any atom is 0.335 e. The van der Waals surface area contributed by atoms with E-state index in [1.807, 2.05) is 0 Å². The summed E-state index contributed by atoms with van der Waals surface area (Å²) in [5.41, 5.74) is 13.2. The zero-order valence-electron chi connectivity index (χ0n) is 35.9. The van der Waals surface area contributed by atoms with Crippen LogP contribution in [0.4, 0.5) is 0 Å². The van der Waals surface area contributed by atoms with Crippen molar-refractivity contribution in [1.82, 2.24) is 21.3 Å². The minimum atomic E-state index is -1.16. The van der Waals surface area contributed by atoms with Crippen LogP contribution in [0.1, 0.15) is 152 Å². The summed E-state index contributed by atoms with van der Waals surface area (Å²) in [6, 6.07) is 3.84. The Morgan fingerprint density at radius 1 is 0.617 bits per heavy atom. The van der Waals surface area contributed by atoms with E-state index in [-0.39, 0.29) is 48.5 Å². The summed E-state index contributed by atoms with van der Waals surface area (Å²) in [5.74, 6) is -2.93. The molecule has 11 N–H and O–H groups in total. The van der Waals surface area contributed by atoms with Crippen molar-refractivity contribution in [2.45, 2.75) is 165 Å². The number of Topliss-reactive ketones (excluding diaryl/α,β-unsaturated/α-hetero) is 1. The van der Waals surface area contributed by atoms with Crippen LogP contribution in [0.3, 0.4) is 0 Å². The first-order valence-electron chi connectivity index (χ1n) is 21.9. The number of likely N-dealkylation sites (N-methyl/N-ethyl adjacent to an activating group) is 1. The van der Waals surface area contributed by atoms with Crippen LogP contribution in [-0.2, 0) is 24.0 Å². The van der Waals surface area contributed by atoms with E-state index in [4.69, 9.17) is 26.4 Å². The summed E-state index contributed by atoms with van der Waals surface area (Å²) in [6.07, 6.45) is 15.2. The summed E-state index contributed by atoms with van der Waals surface area (Å²) in [4.78, 5) is 70.9. The fourth-order valence-corrected chi connectivity index (χ4v) is 6.53. The van der Waals surface area contributed by atoms with Gasteiger partial charge in [0.15, 0.2) is 0 Å². The second kappa shape index (κ2) is 33.2. The first-order chi connectivity index (χ1) is 28.7. The van der Waals surface area contributed by atoms with E-state index in [1.54, 1.807) is 19.2 Å². The van der Waals surface area contributed by atoms with Crippen molar-refractivity contribution in [1.29, 1.82) is 0 Å². The van der Waals surface area contributed by atoms with Crippen LogP contribution in [0.15, 0.2) is 36.5 Å². The van der Waals surface area contributed by atoms with Crippen molar-refractivity contribution in [3.8, 4) is 5.75 Å². The molecule has 0 heterocycles. The van der Waals surface area contributed by atoms with Crippen LogP contribution in [0, 0.1) is 0 Å². The average Bonchev–Trinajstić information content (AvgIpc) is 3.21. The summed E-state index contributed by atoms with van der Waals surface area (Å²) in [6.45, 7) is 5.74. The zero-order valence-corrected chi connectivity index (χ0v) is 35.9. The van der Waals surface area contributed by atoms with Crippen LogP contribution >= 0.6 is 0 Å². The molecule has 0 unspecified atom stereocenters. The SMILES string of the molecule is C=C(NCCCC[C@H](NC)C(=O)O)[C@@H](N)CCCCNC(=O)[C@@H](N)CCCCCC(=O)CC[C@H](NC(=O)CCCCCCCCCCOc1ccc(C(=O)O)cc1)C(=O)O. The zero-order chi connectivity index (χ0) is 44.5. The van der Waals surface area contributed by atoms with E-state index in [0.717, 1.165) is 76.3 Å². The second-order valence-corrected chi connectivity index (χ2v) is 15.5. The third-order valence-electron chi connectivity index (χ3n) is 10.4. The van der Waals surface area contributed by atoms with Crippen molar-refractivity contribution in [3.05, 3.63) is 42.1 Å². The molecule has 0 saturated carbocycles. The highest BCUT2D eigenvalue weighted by Crippen LogP contribution is 2.15. The second-order valence-electron chi connectivity index (χ2n) is 15.5. The largest absolute Gasteiger partial charge is 0.494 e. The molecule has 0 bridgehead atoms. The molecule has 0 fully saturated rings. The summed E-state index contributed by atoms with van der Waals surface area (Å²) >= 11 is 0. The number of nitrogens with one attached hydrogen (secondary N) is 4. The van der Waals surface area contributed by atoms with E-state index in [0.29, 0.717) is 76.8 Å². The summed E-state index contributed by atoms with van der Waals surface area (Å²) in [7, 11) is 1.64. The fourth-order valence-electron chi connectivity index (χ4n) is 6.53. The number of carbonyl (C=O) groups is 6. The first kappa shape index (κ1) is 53.5. The lowest BCUT2D eigenvalue weighted by Crippen LogP contribution is -2.41. The van der Waals surface area contributed by atoms with Gasteiger partial charge in [-0.1, -0.05) is 57.9 Å². The van der Waals surface area contributed by atoms with Crippen LogP contribution in [0.5, 0.6) is 5.75 Å². The number of carbonyl (C=O) groups excluding carboxylic acids is 3. The molecule has 1 rings (SSSR count). The number of hydrogen-bond donors (Lipinski definition) is 9. The molecule has 0 aliphatic carbocycles. The van der Waals surface area contributed by atoms with Gasteiger partial charge in [-0.3, -0.25) is 19.2 Å². The van der Waals surface area contributed by atoms with E-state index in [2.05, 4.69) is 27.8 Å². The predicted octanol–water partition coefficient (Wildman–Crippen LogP) is 5.03. The highest BCUT2D eigenvalue weighted by molar-refractivity contribution is 5.87. The molecule has 1 aromatic rings. The Morgan fingerprint density at radius 3 is 1.77 bits per heavy atom. The number of benzene rings is 1. The van der Waals surface area contributed by atoms with Crippen LogP contribution in [-0.4, -0.2) is 102 Å².